The Kier molecular flexibility index (Phi) is 6.95. The van der Waals surface area contributed by atoms with Crippen LogP contribution in [0, 0.1) is 19.7 Å². The third kappa shape index (κ3) is 5.40. The molecule has 0 bridgehead atoms. The first kappa shape index (κ1) is 24.1. The Hall–Kier alpha value is -4.01. The molecule has 0 radical (unpaired) electrons. The van der Waals surface area contributed by atoms with E-state index in [9.17, 15) is 14.0 Å². The highest BCUT2D eigenvalue weighted by atomic mass is 19.1. The fourth-order valence-corrected chi connectivity index (χ4v) is 3.85. The molecule has 0 aliphatic rings. The van der Waals surface area contributed by atoms with Crippen molar-refractivity contribution in [3.05, 3.63) is 71.1 Å². The van der Waals surface area contributed by atoms with E-state index in [1.165, 1.54) is 12.1 Å². The lowest BCUT2D eigenvalue weighted by molar-refractivity contribution is -0.124. The molecular formula is C26H27FN4O4. The highest BCUT2D eigenvalue weighted by Gasteiger charge is 2.21. The monoisotopic (exact) mass is 478 g/mol. The molecule has 1 N–H and O–H groups in total. The highest BCUT2D eigenvalue weighted by Crippen LogP contribution is 2.30. The number of aromatic nitrogens is 3. The van der Waals surface area contributed by atoms with Gasteiger partial charge in [-0.05, 0) is 63.9 Å². The number of carbonyl (C=O) groups is 2. The van der Waals surface area contributed by atoms with Crippen LogP contribution in [0.3, 0.4) is 0 Å². The number of hydrogen-bond donors (Lipinski definition) is 1. The van der Waals surface area contributed by atoms with Gasteiger partial charge in [-0.15, -0.1) is 0 Å². The summed E-state index contributed by atoms with van der Waals surface area (Å²) in [7, 11) is 0. The second-order valence-electron chi connectivity index (χ2n) is 8.60. The van der Waals surface area contributed by atoms with Crippen molar-refractivity contribution in [3.63, 3.8) is 0 Å². The molecule has 0 saturated carbocycles. The fourth-order valence-electron chi connectivity index (χ4n) is 3.85. The number of benzene rings is 1. The molecule has 4 rings (SSSR count). The molecule has 3 heterocycles. The minimum absolute atomic E-state index is 0.0261. The standard InChI is InChI=1S/C26H27FN4O4/c1-15(2)31-25-22(13-29-31)21(12-23(30-25)20-11-16(3)35-17(20)4)26(33)34-14-24(32)28-10-9-18-5-7-19(27)8-6-18/h5-8,11-13,15H,9-10,14H2,1-4H3,(H,28,32). The van der Waals surface area contributed by atoms with Crippen LogP contribution in [0.1, 0.15) is 47.3 Å². The quantitative estimate of drug-likeness (QED) is 0.373. The highest BCUT2D eigenvalue weighted by molar-refractivity contribution is 6.04. The van der Waals surface area contributed by atoms with E-state index < -0.39 is 18.5 Å². The Balaban J connectivity index is 1.49. The summed E-state index contributed by atoms with van der Waals surface area (Å²) in [6.45, 7) is 7.54. The number of hydrogen-bond acceptors (Lipinski definition) is 6. The van der Waals surface area contributed by atoms with Crippen molar-refractivity contribution >= 4 is 22.9 Å². The first-order chi connectivity index (χ1) is 16.7. The van der Waals surface area contributed by atoms with Gasteiger partial charge in [-0.1, -0.05) is 12.1 Å². The normalized spacial score (nSPS) is 11.3. The van der Waals surface area contributed by atoms with Crippen LogP contribution in [0.4, 0.5) is 4.39 Å². The maximum atomic E-state index is 13.0. The number of pyridine rings is 1. The second-order valence-corrected chi connectivity index (χ2v) is 8.60. The molecular weight excluding hydrogens is 451 g/mol. The molecule has 0 atom stereocenters. The van der Waals surface area contributed by atoms with Crippen molar-refractivity contribution in [2.75, 3.05) is 13.2 Å². The van der Waals surface area contributed by atoms with Gasteiger partial charge >= 0.3 is 5.97 Å². The Morgan fingerprint density at radius 2 is 1.91 bits per heavy atom. The maximum Gasteiger partial charge on any atom is 0.339 e. The summed E-state index contributed by atoms with van der Waals surface area (Å²) in [6, 6.07) is 9.60. The summed E-state index contributed by atoms with van der Waals surface area (Å²) in [5, 5.41) is 7.64. The van der Waals surface area contributed by atoms with Gasteiger partial charge in [0.15, 0.2) is 12.3 Å². The lowest BCUT2D eigenvalue weighted by atomic mass is 10.1. The van der Waals surface area contributed by atoms with E-state index in [1.54, 1.807) is 29.1 Å². The first-order valence-electron chi connectivity index (χ1n) is 11.4. The molecule has 3 aromatic heterocycles. The zero-order valence-electron chi connectivity index (χ0n) is 20.1. The van der Waals surface area contributed by atoms with Crippen LogP contribution in [-0.4, -0.2) is 39.8 Å². The molecule has 4 aromatic rings. The predicted molar refractivity (Wildman–Crippen MR) is 128 cm³/mol. The Labute approximate surface area is 202 Å². The van der Waals surface area contributed by atoms with E-state index >= 15 is 0 Å². The van der Waals surface area contributed by atoms with Crippen LogP contribution in [0.5, 0.6) is 0 Å². The van der Waals surface area contributed by atoms with Crippen LogP contribution < -0.4 is 5.32 Å². The van der Waals surface area contributed by atoms with Gasteiger partial charge in [0.25, 0.3) is 5.91 Å². The van der Waals surface area contributed by atoms with E-state index in [0.717, 1.165) is 16.9 Å². The van der Waals surface area contributed by atoms with Crippen LogP contribution in [0.25, 0.3) is 22.3 Å². The van der Waals surface area contributed by atoms with Crippen molar-refractivity contribution in [1.82, 2.24) is 20.1 Å². The Bertz CT molecular complexity index is 1370. The molecule has 0 aliphatic carbocycles. The SMILES string of the molecule is Cc1cc(-c2cc(C(=O)OCC(=O)NCCc3ccc(F)cc3)c3cnn(C(C)C)c3n2)c(C)o1. The van der Waals surface area contributed by atoms with Gasteiger partial charge in [-0.25, -0.2) is 18.9 Å². The number of carbonyl (C=O) groups excluding carboxylic acids is 2. The summed E-state index contributed by atoms with van der Waals surface area (Å²) in [5.74, 6) is 0.0387. The molecule has 0 saturated heterocycles. The lowest BCUT2D eigenvalue weighted by Crippen LogP contribution is -2.30. The average molecular weight is 479 g/mol. The van der Waals surface area contributed by atoms with E-state index in [-0.39, 0.29) is 17.4 Å². The number of amides is 1. The van der Waals surface area contributed by atoms with E-state index in [1.807, 2.05) is 33.8 Å². The molecule has 0 fully saturated rings. The largest absolute Gasteiger partial charge is 0.466 e. The Morgan fingerprint density at radius 1 is 1.17 bits per heavy atom. The number of nitrogens with zero attached hydrogens (tertiary/aromatic N) is 3. The Morgan fingerprint density at radius 3 is 2.57 bits per heavy atom. The summed E-state index contributed by atoms with van der Waals surface area (Å²) in [4.78, 5) is 30.0. The molecule has 0 spiro atoms. The number of furan rings is 1. The number of fused-ring (bicyclic) bond motifs is 1. The van der Waals surface area contributed by atoms with E-state index in [0.29, 0.717) is 35.5 Å². The molecule has 1 amide bonds. The molecule has 8 nitrogen and oxygen atoms in total. The first-order valence-corrected chi connectivity index (χ1v) is 11.4. The van der Waals surface area contributed by atoms with Gasteiger partial charge in [-0.2, -0.15) is 5.10 Å². The van der Waals surface area contributed by atoms with Gasteiger partial charge in [0.05, 0.1) is 22.8 Å². The summed E-state index contributed by atoms with van der Waals surface area (Å²) in [5.41, 5.74) is 3.04. The summed E-state index contributed by atoms with van der Waals surface area (Å²) in [6.07, 6.45) is 2.12. The lowest BCUT2D eigenvalue weighted by Gasteiger charge is -2.11. The molecule has 0 aliphatic heterocycles. The van der Waals surface area contributed by atoms with Crippen molar-refractivity contribution < 1.29 is 23.1 Å². The molecule has 35 heavy (non-hydrogen) atoms. The van der Waals surface area contributed by atoms with E-state index in [2.05, 4.69) is 10.4 Å². The number of rotatable bonds is 8. The molecule has 9 heteroatoms. The number of nitrogens with one attached hydrogen (secondary N) is 1. The predicted octanol–water partition coefficient (Wildman–Crippen LogP) is 4.54. The third-order valence-corrected chi connectivity index (χ3v) is 5.58. The molecule has 1 aromatic carbocycles. The van der Waals surface area contributed by atoms with Gasteiger partial charge < -0.3 is 14.5 Å². The molecule has 182 valence electrons. The second kappa shape index (κ2) is 10.1. The van der Waals surface area contributed by atoms with Gasteiger partial charge in [0.2, 0.25) is 0 Å². The third-order valence-electron chi connectivity index (χ3n) is 5.58. The minimum Gasteiger partial charge on any atom is -0.466 e. The molecule has 0 unspecified atom stereocenters. The van der Waals surface area contributed by atoms with Crippen molar-refractivity contribution in [2.45, 2.75) is 40.2 Å². The topological polar surface area (TPSA) is 99.2 Å². The van der Waals surface area contributed by atoms with E-state index in [4.69, 9.17) is 14.1 Å². The zero-order valence-corrected chi connectivity index (χ0v) is 20.1. The fraction of sp³-hybridized carbons (Fsp3) is 0.308. The van der Waals surface area contributed by atoms with Crippen LogP contribution in [-0.2, 0) is 16.0 Å². The van der Waals surface area contributed by atoms with Crippen molar-refractivity contribution in [2.24, 2.45) is 0 Å². The van der Waals surface area contributed by atoms with Crippen LogP contribution >= 0.6 is 0 Å². The number of ether oxygens (including phenoxy) is 1. The number of halogens is 1. The summed E-state index contributed by atoms with van der Waals surface area (Å²) >= 11 is 0. The number of esters is 1. The van der Waals surface area contributed by atoms with Gasteiger partial charge in [0, 0.05) is 18.2 Å². The van der Waals surface area contributed by atoms with Crippen LogP contribution in [0.2, 0.25) is 0 Å². The average Bonchev–Trinajstić information content (AvgIpc) is 3.40. The zero-order chi connectivity index (χ0) is 25.1. The van der Waals surface area contributed by atoms with Gasteiger partial charge in [-0.3, -0.25) is 4.79 Å². The maximum absolute atomic E-state index is 13.0. The van der Waals surface area contributed by atoms with Gasteiger partial charge in [0.1, 0.15) is 17.3 Å². The van der Waals surface area contributed by atoms with Crippen molar-refractivity contribution in [1.29, 1.82) is 0 Å². The smallest absolute Gasteiger partial charge is 0.339 e. The number of aryl methyl sites for hydroxylation is 2. The minimum atomic E-state index is -0.645. The van der Waals surface area contributed by atoms with Crippen molar-refractivity contribution in [3.8, 4) is 11.3 Å². The summed E-state index contributed by atoms with van der Waals surface area (Å²) < 4.78 is 25.7. The van der Waals surface area contributed by atoms with Crippen LogP contribution in [0.15, 0.2) is 47.0 Å².